The van der Waals surface area contributed by atoms with Gasteiger partial charge < -0.3 is 9.84 Å². The molecule has 1 unspecified atom stereocenters. The van der Waals surface area contributed by atoms with Crippen LogP contribution in [-0.2, 0) is 9.53 Å². The minimum absolute atomic E-state index is 0.00826. The van der Waals surface area contributed by atoms with Gasteiger partial charge in [0.05, 0.1) is 12.7 Å². The Hall–Kier alpha value is -0.830. The molecule has 0 aliphatic heterocycles. The molecule has 5 rings (SSSR count). The summed E-state index contributed by atoms with van der Waals surface area (Å²) in [7, 11) is 0. The molecule has 5 saturated carbocycles. The predicted molar refractivity (Wildman–Crippen MR) is 142 cm³/mol. The van der Waals surface area contributed by atoms with Crippen molar-refractivity contribution in [2.24, 2.45) is 56.7 Å². The number of allylic oxidation sites excluding steroid dienone is 1. The van der Waals surface area contributed by atoms with E-state index in [1.807, 2.05) is 0 Å². The van der Waals surface area contributed by atoms with Crippen LogP contribution in [0.4, 0.5) is 0 Å². The number of carbonyl (C=O) groups excluding carboxylic acids is 1. The molecule has 5 aliphatic rings. The van der Waals surface area contributed by atoms with Crippen molar-refractivity contribution in [2.75, 3.05) is 6.61 Å². The van der Waals surface area contributed by atoms with Crippen LogP contribution in [0.5, 0.6) is 0 Å². The van der Waals surface area contributed by atoms with Crippen LogP contribution in [0.25, 0.3) is 0 Å². The summed E-state index contributed by atoms with van der Waals surface area (Å²) in [5.74, 6) is 3.04. The van der Waals surface area contributed by atoms with Crippen LogP contribution < -0.4 is 0 Å². The van der Waals surface area contributed by atoms with Gasteiger partial charge in [0.25, 0.3) is 0 Å². The van der Waals surface area contributed by atoms with Crippen molar-refractivity contribution in [3.8, 4) is 0 Å². The van der Waals surface area contributed by atoms with E-state index in [0.717, 1.165) is 12.3 Å². The van der Waals surface area contributed by atoms with Crippen molar-refractivity contribution in [2.45, 2.75) is 119 Å². The zero-order chi connectivity index (χ0) is 25.6. The summed E-state index contributed by atoms with van der Waals surface area (Å²) >= 11 is 0. The molecule has 35 heavy (non-hydrogen) atoms. The lowest BCUT2D eigenvalue weighted by Crippen LogP contribution is -2.66. The average Bonchev–Trinajstić information content (AvgIpc) is 3.16. The van der Waals surface area contributed by atoms with E-state index in [-0.39, 0.29) is 22.9 Å². The molecule has 0 aromatic heterocycles. The fourth-order valence-corrected chi connectivity index (χ4v) is 11.8. The topological polar surface area (TPSA) is 46.5 Å². The quantitative estimate of drug-likeness (QED) is 0.332. The second kappa shape index (κ2) is 8.08. The molecule has 0 aromatic carbocycles. The van der Waals surface area contributed by atoms with Gasteiger partial charge in [0.2, 0.25) is 0 Å². The Balaban J connectivity index is 1.53. The maximum Gasteiger partial charge on any atom is 0.302 e. The lowest BCUT2D eigenvalue weighted by molar-refractivity contribution is -0.249. The van der Waals surface area contributed by atoms with Gasteiger partial charge in [-0.25, -0.2) is 0 Å². The van der Waals surface area contributed by atoms with Crippen LogP contribution in [0.2, 0.25) is 0 Å². The molecule has 10 atom stereocenters. The molecule has 0 saturated heterocycles. The minimum atomic E-state index is -0.164. The van der Waals surface area contributed by atoms with E-state index in [4.69, 9.17) is 4.74 Å². The number of hydrogen-bond donors (Lipinski definition) is 1. The number of ether oxygens (including phenoxy) is 1. The Morgan fingerprint density at radius 2 is 1.57 bits per heavy atom. The van der Waals surface area contributed by atoms with Gasteiger partial charge in [-0.3, -0.25) is 4.79 Å². The Kier molecular flexibility index (Phi) is 5.96. The van der Waals surface area contributed by atoms with E-state index in [0.29, 0.717) is 46.5 Å². The average molecular weight is 485 g/mol. The number of aliphatic hydroxyl groups excluding tert-OH is 1. The van der Waals surface area contributed by atoms with Crippen molar-refractivity contribution in [1.29, 1.82) is 0 Å². The van der Waals surface area contributed by atoms with E-state index in [1.54, 1.807) is 6.92 Å². The van der Waals surface area contributed by atoms with Gasteiger partial charge in [0.15, 0.2) is 0 Å². The molecule has 0 amide bonds. The number of hydrogen-bond acceptors (Lipinski definition) is 3. The zero-order valence-electron chi connectivity index (χ0n) is 23.7. The van der Waals surface area contributed by atoms with Gasteiger partial charge in [-0.2, -0.15) is 0 Å². The normalized spacial score (nSPS) is 52.5. The van der Waals surface area contributed by atoms with E-state index in [9.17, 15) is 9.90 Å². The first-order valence-corrected chi connectivity index (χ1v) is 14.7. The van der Waals surface area contributed by atoms with Gasteiger partial charge in [-0.15, -0.1) is 0 Å². The standard InChI is InChI=1S/C32H52O3/c1-20(2)22-11-16-32(19-35-21(3)33)18-17-30(7)23(27(22)32)9-10-25-29(6)14-13-26(34)28(4,5)24(29)12-15-31(25,30)8/h22-27,34H,1,9-19H2,2-8H3/t22-,23+,24-,25?,26-,27+,29-,30+,31+,32+/m0/s1. The van der Waals surface area contributed by atoms with Gasteiger partial charge in [0, 0.05) is 12.3 Å². The Morgan fingerprint density at radius 1 is 0.857 bits per heavy atom. The summed E-state index contributed by atoms with van der Waals surface area (Å²) in [5, 5.41) is 10.9. The third-order valence-corrected chi connectivity index (χ3v) is 13.8. The van der Waals surface area contributed by atoms with Crippen molar-refractivity contribution < 1.29 is 14.6 Å². The van der Waals surface area contributed by atoms with Crippen LogP contribution in [0.1, 0.15) is 113 Å². The van der Waals surface area contributed by atoms with Gasteiger partial charge >= 0.3 is 5.97 Å². The molecule has 0 radical (unpaired) electrons. The van der Waals surface area contributed by atoms with E-state index in [2.05, 4.69) is 48.1 Å². The Bertz CT molecular complexity index is 891. The summed E-state index contributed by atoms with van der Waals surface area (Å²) in [4.78, 5) is 11.9. The second-order valence-electron chi connectivity index (χ2n) is 15.2. The molecule has 0 heterocycles. The third-order valence-electron chi connectivity index (χ3n) is 13.8. The SMILES string of the molecule is C=C(C)[C@@H]1CC[C@]2(COC(C)=O)CC[C@]3(C)[C@H](CCC4[C@@]5(C)CC[C@H](O)C(C)(C)[C@@H]5CC[C@]43C)[C@@H]12. The van der Waals surface area contributed by atoms with Crippen molar-refractivity contribution in [1.82, 2.24) is 0 Å². The first kappa shape index (κ1) is 25.8. The summed E-state index contributed by atoms with van der Waals surface area (Å²) in [5.41, 5.74) is 2.45. The molecule has 5 fully saturated rings. The highest BCUT2D eigenvalue weighted by molar-refractivity contribution is 5.65. The van der Waals surface area contributed by atoms with Gasteiger partial charge in [0.1, 0.15) is 0 Å². The first-order valence-electron chi connectivity index (χ1n) is 14.7. The molecule has 3 heteroatoms. The number of rotatable bonds is 3. The van der Waals surface area contributed by atoms with Crippen LogP contribution >= 0.6 is 0 Å². The minimum Gasteiger partial charge on any atom is -0.465 e. The number of carbonyl (C=O) groups is 1. The zero-order valence-corrected chi connectivity index (χ0v) is 23.7. The summed E-state index contributed by atoms with van der Waals surface area (Å²) in [6.07, 6.45) is 12.0. The lowest BCUT2D eigenvalue weighted by atomic mass is 9.32. The van der Waals surface area contributed by atoms with E-state index < -0.39 is 0 Å². The van der Waals surface area contributed by atoms with Crippen LogP contribution in [0, 0.1) is 56.7 Å². The highest BCUT2D eigenvalue weighted by atomic mass is 16.5. The number of esters is 1. The fraction of sp³-hybridized carbons (Fsp3) is 0.906. The van der Waals surface area contributed by atoms with Crippen molar-refractivity contribution in [3.63, 3.8) is 0 Å². The number of fused-ring (bicyclic) bond motifs is 7. The molecule has 198 valence electrons. The fourth-order valence-electron chi connectivity index (χ4n) is 11.8. The van der Waals surface area contributed by atoms with E-state index in [1.165, 1.54) is 63.4 Å². The molecule has 1 N–H and O–H groups in total. The second-order valence-corrected chi connectivity index (χ2v) is 15.2. The lowest BCUT2D eigenvalue weighted by Gasteiger charge is -2.73. The Morgan fingerprint density at radius 3 is 2.23 bits per heavy atom. The smallest absolute Gasteiger partial charge is 0.302 e. The van der Waals surface area contributed by atoms with Gasteiger partial charge in [-0.05, 0) is 122 Å². The monoisotopic (exact) mass is 484 g/mol. The third kappa shape index (κ3) is 3.34. The van der Waals surface area contributed by atoms with E-state index >= 15 is 0 Å². The molecule has 0 aromatic rings. The van der Waals surface area contributed by atoms with Gasteiger partial charge in [-0.1, -0.05) is 46.8 Å². The highest BCUT2D eigenvalue weighted by Crippen LogP contribution is 2.77. The largest absolute Gasteiger partial charge is 0.465 e. The Labute approximate surface area is 214 Å². The maximum atomic E-state index is 11.9. The van der Waals surface area contributed by atoms with Crippen LogP contribution in [0.15, 0.2) is 12.2 Å². The predicted octanol–water partition coefficient (Wildman–Crippen LogP) is 7.57. The molecule has 0 spiro atoms. The van der Waals surface area contributed by atoms with Crippen LogP contribution in [-0.4, -0.2) is 23.8 Å². The summed E-state index contributed by atoms with van der Waals surface area (Å²) < 4.78 is 5.79. The van der Waals surface area contributed by atoms with Crippen molar-refractivity contribution >= 4 is 5.97 Å². The van der Waals surface area contributed by atoms with Crippen molar-refractivity contribution in [3.05, 3.63) is 12.2 Å². The highest BCUT2D eigenvalue weighted by Gasteiger charge is 2.70. The number of aliphatic hydroxyl groups is 1. The molecular weight excluding hydrogens is 432 g/mol. The molecule has 0 bridgehead atoms. The molecule has 3 nitrogen and oxygen atoms in total. The maximum absolute atomic E-state index is 11.9. The molecule has 5 aliphatic carbocycles. The van der Waals surface area contributed by atoms with Crippen LogP contribution in [0.3, 0.4) is 0 Å². The summed E-state index contributed by atoms with van der Waals surface area (Å²) in [6.45, 7) is 21.5. The first-order chi connectivity index (χ1) is 16.2. The molecular formula is C32H52O3. The summed E-state index contributed by atoms with van der Waals surface area (Å²) in [6, 6.07) is 0.